The van der Waals surface area contributed by atoms with Crippen LogP contribution in [0.15, 0.2) is 54.9 Å². The summed E-state index contributed by atoms with van der Waals surface area (Å²) in [4.78, 5) is 43.5. The maximum atomic E-state index is 13.2. The highest BCUT2D eigenvalue weighted by molar-refractivity contribution is 5.98. The summed E-state index contributed by atoms with van der Waals surface area (Å²) in [5.74, 6) is -0.705. The van der Waals surface area contributed by atoms with Crippen molar-refractivity contribution in [3.05, 3.63) is 82.9 Å². The first-order valence-corrected chi connectivity index (χ1v) is 11.4. The molecule has 1 aliphatic heterocycles. The van der Waals surface area contributed by atoms with Crippen molar-refractivity contribution in [2.45, 2.75) is 39.4 Å². The third-order valence-electron chi connectivity index (χ3n) is 5.82. The summed E-state index contributed by atoms with van der Waals surface area (Å²) in [6, 6.07) is 13.2. The molecule has 176 valence electrons. The SMILES string of the molecule is Cc1ccccc1CN1CCCn2nc(C(=O)NCCC(=O)NCc3ccncc3)cc2C1=O. The van der Waals surface area contributed by atoms with E-state index >= 15 is 0 Å². The average molecular weight is 461 g/mol. The molecule has 3 heterocycles. The van der Waals surface area contributed by atoms with Crippen molar-refractivity contribution in [2.75, 3.05) is 13.1 Å². The number of amides is 3. The van der Waals surface area contributed by atoms with E-state index in [1.165, 1.54) is 6.07 Å². The highest BCUT2D eigenvalue weighted by Crippen LogP contribution is 2.18. The van der Waals surface area contributed by atoms with Crippen LogP contribution in [0.25, 0.3) is 0 Å². The quantitative estimate of drug-likeness (QED) is 0.535. The van der Waals surface area contributed by atoms with Crippen LogP contribution in [0.5, 0.6) is 0 Å². The molecular formula is C25H28N6O3. The number of carbonyl (C=O) groups excluding carboxylic acids is 3. The predicted octanol–water partition coefficient (Wildman–Crippen LogP) is 2.07. The minimum atomic E-state index is -0.402. The van der Waals surface area contributed by atoms with Gasteiger partial charge in [-0.3, -0.25) is 24.0 Å². The Labute approximate surface area is 198 Å². The largest absolute Gasteiger partial charge is 0.352 e. The number of fused-ring (bicyclic) bond motifs is 1. The lowest BCUT2D eigenvalue weighted by molar-refractivity contribution is -0.121. The normalized spacial score (nSPS) is 13.2. The minimum absolute atomic E-state index is 0.136. The number of carbonyl (C=O) groups is 3. The van der Waals surface area contributed by atoms with E-state index < -0.39 is 5.91 Å². The molecule has 3 amide bonds. The maximum absolute atomic E-state index is 13.2. The van der Waals surface area contributed by atoms with Crippen molar-refractivity contribution in [1.82, 2.24) is 30.3 Å². The molecule has 1 aliphatic rings. The van der Waals surface area contributed by atoms with E-state index in [1.54, 1.807) is 22.0 Å². The van der Waals surface area contributed by atoms with Crippen molar-refractivity contribution in [3.63, 3.8) is 0 Å². The third-order valence-corrected chi connectivity index (χ3v) is 5.82. The van der Waals surface area contributed by atoms with Gasteiger partial charge in [-0.05, 0) is 42.2 Å². The van der Waals surface area contributed by atoms with E-state index in [1.807, 2.05) is 43.3 Å². The Morgan fingerprint density at radius 2 is 1.85 bits per heavy atom. The molecule has 0 fully saturated rings. The van der Waals surface area contributed by atoms with Crippen molar-refractivity contribution >= 4 is 17.7 Å². The van der Waals surface area contributed by atoms with E-state index in [-0.39, 0.29) is 30.5 Å². The van der Waals surface area contributed by atoms with Gasteiger partial charge in [0, 0.05) is 57.6 Å². The summed E-state index contributed by atoms with van der Waals surface area (Å²) in [5, 5.41) is 9.87. The van der Waals surface area contributed by atoms with Gasteiger partial charge in [0.2, 0.25) is 5.91 Å². The smallest absolute Gasteiger partial charge is 0.272 e. The monoisotopic (exact) mass is 460 g/mol. The summed E-state index contributed by atoms with van der Waals surface area (Å²) in [7, 11) is 0. The predicted molar refractivity (Wildman–Crippen MR) is 126 cm³/mol. The van der Waals surface area contributed by atoms with Crippen molar-refractivity contribution in [3.8, 4) is 0 Å². The molecule has 3 aromatic rings. The summed E-state index contributed by atoms with van der Waals surface area (Å²) in [6.07, 6.45) is 4.24. The number of nitrogens with zero attached hydrogens (tertiary/aromatic N) is 4. The number of nitrogens with one attached hydrogen (secondary N) is 2. The lowest BCUT2D eigenvalue weighted by atomic mass is 10.1. The number of hydrogen-bond acceptors (Lipinski definition) is 5. The standard InChI is InChI=1S/C25H28N6O3/c1-18-5-2-3-6-20(18)17-30-13-4-14-31-22(25(30)34)15-21(29-31)24(33)27-12-9-23(32)28-16-19-7-10-26-11-8-19/h2-3,5-8,10-11,15H,4,9,12-14,16-17H2,1H3,(H,27,33)(H,28,32). The van der Waals surface area contributed by atoms with Gasteiger partial charge in [0.15, 0.2) is 5.69 Å². The van der Waals surface area contributed by atoms with E-state index in [9.17, 15) is 14.4 Å². The Hall–Kier alpha value is -4.01. The van der Waals surface area contributed by atoms with Gasteiger partial charge in [0.25, 0.3) is 11.8 Å². The molecule has 34 heavy (non-hydrogen) atoms. The van der Waals surface area contributed by atoms with Crippen LogP contribution in [-0.2, 0) is 24.4 Å². The number of hydrogen-bond donors (Lipinski definition) is 2. The molecule has 0 unspecified atom stereocenters. The number of benzene rings is 1. The second-order valence-corrected chi connectivity index (χ2v) is 8.28. The molecule has 0 saturated heterocycles. The zero-order chi connectivity index (χ0) is 23.9. The van der Waals surface area contributed by atoms with Crippen LogP contribution in [0.1, 0.15) is 50.5 Å². The Bertz CT molecular complexity index is 1170. The molecule has 0 radical (unpaired) electrons. The third kappa shape index (κ3) is 5.67. The van der Waals surface area contributed by atoms with Gasteiger partial charge in [-0.25, -0.2) is 0 Å². The fourth-order valence-corrected chi connectivity index (χ4v) is 3.86. The van der Waals surface area contributed by atoms with Gasteiger partial charge in [0.05, 0.1) is 0 Å². The van der Waals surface area contributed by atoms with Crippen LogP contribution in [0.3, 0.4) is 0 Å². The van der Waals surface area contributed by atoms with Crippen LogP contribution in [-0.4, -0.2) is 50.5 Å². The van der Waals surface area contributed by atoms with E-state index in [4.69, 9.17) is 0 Å². The van der Waals surface area contributed by atoms with Crippen LogP contribution >= 0.6 is 0 Å². The fraction of sp³-hybridized carbons (Fsp3) is 0.320. The highest BCUT2D eigenvalue weighted by Gasteiger charge is 2.26. The molecule has 2 aromatic heterocycles. The Balaban J connectivity index is 1.31. The zero-order valence-corrected chi connectivity index (χ0v) is 19.2. The lowest BCUT2D eigenvalue weighted by Crippen LogP contribution is -2.31. The van der Waals surface area contributed by atoms with Crippen LogP contribution in [0, 0.1) is 6.92 Å². The van der Waals surface area contributed by atoms with E-state index in [0.717, 1.165) is 23.1 Å². The lowest BCUT2D eigenvalue weighted by Gasteiger charge is -2.21. The average Bonchev–Trinajstić information content (AvgIpc) is 3.22. The first-order chi connectivity index (χ1) is 16.5. The second kappa shape index (κ2) is 10.7. The molecule has 9 heteroatoms. The highest BCUT2D eigenvalue weighted by atomic mass is 16.2. The van der Waals surface area contributed by atoms with Gasteiger partial charge >= 0.3 is 0 Å². The van der Waals surface area contributed by atoms with E-state index in [0.29, 0.717) is 31.9 Å². The Morgan fingerprint density at radius 3 is 2.65 bits per heavy atom. The Kier molecular flexibility index (Phi) is 7.31. The second-order valence-electron chi connectivity index (χ2n) is 8.28. The molecule has 0 atom stereocenters. The molecule has 9 nitrogen and oxygen atoms in total. The molecule has 0 saturated carbocycles. The van der Waals surface area contributed by atoms with Crippen molar-refractivity contribution in [2.24, 2.45) is 0 Å². The van der Waals surface area contributed by atoms with Gasteiger partial charge in [0.1, 0.15) is 5.69 Å². The summed E-state index contributed by atoms with van der Waals surface area (Å²) in [5.41, 5.74) is 3.78. The topological polar surface area (TPSA) is 109 Å². The number of pyridine rings is 1. The van der Waals surface area contributed by atoms with Crippen molar-refractivity contribution < 1.29 is 14.4 Å². The summed E-state index contributed by atoms with van der Waals surface area (Å²) < 4.78 is 1.61. The molecule has 0 spiro atoms. The van der Waals surface area contributed by atoms with Crippen molar-refractivity contribution in [1.29, 1.82) is 0 Å². The fourth-order valence-electron chi connectivity index (χ4n) is 3.86. The van der Waals surface area contributed by atoms with Gasteiger partial charge in [-0.2, -0.15) is 5.10 Å². The number of aryl methyl sites for hydroxylation is 2. The van der Waals surface area contributed by atoms with Crippen LogP contribution < -0.4 is 10.6 Å². The van der Waals surface area contributed by atoms with Crippen LogP contribution in [0.4, 0.5) is 0 Å². The number of aromatic nitrogens is 3. The molecule has 2 N–H and O–H groups in total. The van der Waals surface area contributed by atoms with Gasteiger partial charge < -0.3 is 15.5 Å². The molecule has 4 rings (SSSR count). The summed E-state index contributed by atoms with van der Waals surface area (Å²) in [6.45, 7) is 4.33. The molecular weight excluding hydrogens is 432 g/mol. The van der Waals surface area contributed by atoms with Crippen LogP contribution in [0.2, 0.25) is 0 Å². The zero-order valence-electron chi connectivity index (χ0n) is 19.2. The molecule has 1 aromatic carbocycles. The van der Waals surface area contributed by atoms with Gasteiger partial charge in [-0.1, -0.05) is 24.3 Å². The first kappa shape index (κ1) is 23.2. The summed E-state index contributed by atoms with van der Waals surface area (Å²) >= 11 is 0. The van der Waals surface area contributed by atoms with Gasteiger partial charge in [-0.15, -0.1) is 0 Å². The number of rotatable bonds is 8. The maximum Gasteiger partial charge on any atom is 0.272 e. The molecule has 0 aliphatic carbocycles. The molecule has 0 bridgehead atoms. The Morgan fingerprint density at radius 1 is 1.06 bits per heavy atom. The first-order valence-electron chi connectivity index (χ1n) is 11.4. The van der Waals surface area contributed by atoms with E-state index in [2.05, 4.69) is 20.7 Å². The minimum Gasteiger partial charge on any atom is -0.352 e.